The summed E-state index contributed by atoms with van der Waals surface area (Å²) in [6.07, 6.45) is 5.32. The number of aromatic nitrogens is 2. The smallest absolute Gasteiger partial charge is 0.237 e. The first-order chi connectivity index (χ1) is 7.31. The maximum atomic E-state index is 2.30. The van der Waals surface area contributed by atoms with Crippen molar-refractivity contribution in [1.82, 2.24) is 4.57 Å². The van der Waals surface area contributed by atoms with Crippen molar-refractivity contribution in [2.75, 3.05) is 0 Å². The Morgan fingerprint density at radius 3 is 2.60 bits per heavy atom. The molecule has 0 N–H and O–H groups in total. The lowest BCUT2D eigenvalue weighted by Crippen LogP contribution is -2.31. The SMILES string of the molecule is CCc1n(Cc2ccccc2)cc[n+]1C. The van der Waals surface area contributed by atoms with Gasteiger partial charge in [-0.25, -0.2) is 9.13 Å². The minimum atomic E-state index is 0.963. The Hall–Kier alpha value is -1.57. The second-order valence-electron chi connectivity index (χ2n) is 3.79. The van der Waals surface area contributed by atoms with E-state index in [1.54, 1.807) is 0 Å². The second-order valence-corrected chi connectivity index (χ2v) is 3.79. The van der Waals surface area contributed by atoms with Crippen LogP contribution in [0.15, 0.2) is 42.7 Å². The van der Waals surface area contributed by atoms with Gasteiger partial charge in [0, 0.05) is 6.42 Å². The van der Waals surface area contributed by atoms with Crippen molar-refractivity contribution in [3.63, 3.8) is 0 Å². The summed E-state index contributed by atoms with van der Waals surface area (Å²) < 4.78 is 4.48. The number of hydrogen-bond acceptors (Lipinski definition) is 0. The predicted molar refractivity (Wildman–Crippen MR) is 60.5 cm³/mol. The quantitative estimate of drug-likeness (QED) is 0.671. The van der Waals surface area contributed by atoms with E-state index in [0.717, 1.165) is 13.0 Å². The van der Waals surface area contributed by atoms with E-state index in [-0.39, 0.29) is 0 Å². The van der Waals surface area contributed by atoms with Crippen LogP contribution in [-0.2, 0) is 20.0 Å². The molecular weight excluding hydrogens is 184 g/mol. The predicted octanol–water partition coefficient (Wildman–Crippen LogP) is 1.92. The summed E-state index contributed by atoms with van der Waals surface area (Å²) in [4.78, 5) is 0. The van der Waals surface area contributed by atoms with Crippen LogP contribution >= 0.6 is 0 Å². The van der Waals surface area contributed by atoms with Gasteiger partial charge in [0.2, 0.25) is 0 Å². The van der Waals surface area contributed by atoms with Gasteiger partial charge in [0.25, 0.3) is 5.82 Å². The van der Waals surface area contributed by atoms with E-state index < -0.39 is 0 Å². The molecule has 0 saturated heterocycles. The molecule has 78 valence electrons. The summed E-state index contributed by atoms with van der Waals surface area (Å²) in [6, 6.07) is 10.6. The molecule has 1 aromatic heterocycles. The third kappa shape index (κ3) is 2.09. The van der Waals surface area contributed by atoms with E-state index in [4.69, 9.17) is 0 Å². The number of aryl methyl sites for hydroxylation is 1. The van der Waals surface area contributed by atoms with Gasteiger partial charge in [-0.1, -0.05) is 37.3 Å². The molecule has 1 heterocycles. The van der Waals surface area contributed by atoms with Gasteiger partial charge in [-0.2, -0.15) is 0 Å². The van der Waals surface area contributed by atoms with Gasteiger partial charge in [0.1, 0.15) is 18.9 Å². The summed E-state index contributed by atoms with van der Waals surface area (Å²) in [5, 5.41) is 0. The molecule has 2 nitrogen and oxygen atoms in total. The van der Waals surface area contributed by atoms with Gasteiger partial charge in [0.05, 0.1) is 7.05 Å². The van der Waals surface area contributed by atoms with Gasteiger partial charge in [-0.05, 0) is 5.56 Å². The molecule has 0 saturated carbocycles. The van der Waals surface area contributed by atoms with Crippen LogP contribution in [0.2, 0.25) is 0 Å². The van der Waals surface area contributed by atoms with Gasteiger partial charge < -0.3 is 0 Å². The summed E-state index contributed by atoms with van der Waals surface area (Å²) in [5.41, 5.74) is 1.35. The molecule has 0 aliphatic heterocycles. The van der Waals surface area contributed by atoms with Gasteiger partial charge >= 0.3 is 0 Å². The molecule has 2 heteroatoms. The number of rotatable bonds is 3. The Morgan fingerprint density at radius 1 is 1.20 bits per heavy atom. The first kappa shape index (κ1) is 9.97. The molecule has 1 aromatic carbocycles. The highest BCUT2D eigenvalue weighted by molar-refractivity contribution is 5.15. The average molecular weight is 201 g/mol. The highest BCUT2D eigenvalue weighted by Crippen LogP contribution is 2.04. The van der Waals surface area contributed by atoms with Gasteiger partial charge in [-0.3, -0.25) is 0 Å². The number of nitrogens with zero attached hydrogens (tertiary/aromatic N) is 2. The number of hydrogen-bond donors (Lipinski definition) is 0. The van der Waals surface area contributed by atoms with Crippen LogP contribution in [0, 0.1) is 0 Å². The monoisotopic (exact) mass is 201 g/mol. The first-order valence-corrected chi connectivity index (χ1v) is 5.39. The largest absolute Gasteiger partial charge is 0.256 e. The van der Waals surface area contributed by atoms with E-state index in [1.807, 2.05) is 0 Å². The topological polar surface area (TPSA) is 8.81 Å². The standard InChI is InChI=1S/C13H17N2/c1-3-13-14(2)9-10-15(13)11-12-7-5-4-6-8-12/h4-10H,3,11H2,1-2H3/q+1. The number of imidazole rings is 1. The van der Waals surface area contributed by atoms with Crippen LogP contribution in [-0.4, -0.2) is 4.57 Å². The normalized spacial score (nSPS) is 10.5. The summed E-state index contributed by atoms with van der Waals surface area (Å²) >= 11 is 0. The molecule has 15 heavy (non-hydrogen) atoms. The fourth-order valence-corrected chi connectivity index (χ4v) is 1.93. The van der Waals surface area contributed by atoms with Crippen molar-refractivity contribution in [3.8, 4) is 0 Å². The van der Waals surface area contributed by atoms with E-state index in [2.05, 4.69) is 65.8 Å². The van der Waals surface area contributed by atoms with Crippen molar-refractivity contribution in [2.45, 2.75) is 19.9 Å². The highest BCUT2D eigenvalue weighted by Gasteiger charge is 2.11. The fourth-order valence-electron chi connectivity index (χ4n) is 1.93. The van der Waals surface area contributed by atoms with Crippen LogP contribution in [0.5, 0.6) is 0 Å². The second kappa shape index (κ2) is 4.30. The highest BCUT2D eigenvalue weighted by atomic mass is 15.1. The van der Waals surface area contributed by atoms with Crippen molar-refractivity contribution < 1.29 is 4.57 Å². The average Bonchev–Trinajstić information content (AvgIpc) is 2.61. The van der Waals surface area contributed by atoms with E-state index in [1.165, 1.54) is 11.4 Å². The van der Waals surface area contributed by atoms with Crippen LogP contribution in [0.25, 0.3) is 0 Å². The minimum absolute atomic E-state index is 0.963. The maximum absolute atomic E-state index is 2.30. The Balaban J connectivity index is 2.25. The number of benzene rings is 1. The molecular formula is C13H17N2+. The van der Waals surface area contributed by atoms with Crippen LogP contribution in [0.4, 0.5) is 0 Å². The Labute approximate surface area is 90.8 Å². The van der Waals surface area contributed by atoms with E-state index in [9.17, 15) is 0 Å². The van der Waals surface area contributed by atoms with E-state index in [0.29, 0.717) is 0 Å². The minimum Gasteiger partial charge on any atom is -0.237 e. The lowest BCUT2D eigenvalue weighted by molar-refractivity contribution is -0.678. The third-order valence-electron chi connectivity index (χ3n) is 2.72. The zero-order chi connectivity index (χ0) is 10.7. The molecule has 0 bridgehead atoms. The lowest BCUT2D eigenvalue weighted by atomic mass is 10.2. The molecule has 0 aliphatic carbocycles. The first-order valence-electron chi connectivity index (χ1n) is 5.39. The van der Waals surface area contributed by atoms with Crippen molar-refractivity contribution >= 4 is 0 Å². The zero-order valence-electron chi connectivity index (χ0n) is 9.35. The Bertz CT molecular complexity index is 429. The summed E-state index contributed by atoms with van der Waals surface area (Å²) in [5.74, 6) is 1.36. The van der Waals surface area contributed by atoms with Crippen LogP contribution in [0.3, 0.4) is 0 Å². The van der Waals surface area contributed by atoms with Crippen LogP contribution in [0.1, 0.15) is 18.3 Å². The molecule has 0 unspecified atom stereocenters. The van der Waals surface area contributed by atoms with Crippen molar-refractivity contribution in [2.24, 2.45) is 7.05 Å². The fraction of sp³-hybridized carbons (Fsp3) is 0.308. The molecule has 2 aromatic rings. The molecule has 0 amide bonds. The Morgan fingerprint density at radius 2 is 1.93 bits per heavy atom. The molecule has 0 radical (unpaired) electrons. The van der Waals surface area contributed by atoms with Gasteiger partial charge in [-0.15, -0.1) is 0 Å². The molecule has 0 atom stereocenters. The van der Waals surface area contributed by atoms with E-state index >= 15 is 0 Å². The molecule has 0 fully saturated rings. The molecule has 0 aliphatic rings. The Kier molecular flexibility index (Phi) is 2.86. The molecule has 2 rings (SSSR count). The van der Waals surface area contributed by atoms with Crippen LogP contribution < -0.4 is 4.57 Å². The summed E-state index contributed by atoms with van der Waals surface area (Å²) in [7, 11) is 2.10. The van der Waals surface area contributed by atoms with Crippen molar-refractivity contribution in [1.29, 1.82) is 0 Å². The third-order valence-corrected chi connectivity index (χ3v) is 2.72. The maximum Gasteiger partial charge on any atom is 0.256 e. The lowest BCUT2D eigenvalue weighted by Gasteiger charge is -2.00. The zero-order valence-corrected chi connectivity index (χ0v) is 9.35. The van der Waals surface area contributed by atoms with Crippen molar-refractivity contribution in [3.05, 3.63) is 54.1 Å². The summed E-state index contributed by atoms with van der Waals surface area (Å²) in [6.45, 7) is 3.15. The molecule has 0 spiro atoms. The van der Waals surface area contributed by atoms with Gasteiger partial charge in [0.15, 0.2) is 0 Å².